The van der Waals surface area contributed by atoms with Crippen LogP contribution in [0.3, 0.4) is 0 Å². The van der Waals surface area contributed by atoms with Crippen molar-refractivity contribution in [1.82, 2.24) is 9.80 Å². The summed E-state index contributed by atoms with van der Waals surface area (Å²) < 4.78 is 112. The number of cyclic esters (lactones) is 2. The van der Waals surface area contributed by atoms with Gasteiger partial charge in [-0.2, -0.15) is 19.2 Å². The Hall–Kier alpha value is -8.50. The van der Waals surface area contributed by atoms with Crippen molar-refractivity contribution in [3.8, 4) is 11.5 Å². The number of carbonyl (C=O) groups excluding carboxylic acids is 10. The van der Waals surface area contributed by atoms with Crippen molar-refractivity contribution in [3.05, 3.63) is 79.9 Å². The predicted octanol–water partition coefficient (Wildman–Crippen LogP) is 8.18. The van der Waals surface area contributed by atoms with Gasteiger partial charge in [-0.25, -0.2) is 19.2 Å². The van der Waals surface area contributed by atoms with Crippen molar-refractivity contribution in [2.75, 3.05) is 45.5 Å². The number of ether oxygens (including phenoxy) is 18. The molecule has 34 nitrogen and oxygen atoms in total. The standard InChI is InChI=1S/C41H52N2O14.C41H54N2O12.2CO2/c1-9-42(38(46)50-15-23-10-11-27(26(14-23)43(47)48)54-37-30(53-22(7)44)20(5)19(4)21(6)52-37)17-51-33-29-32-31(55-32)28-25-16-49-36(45)24(25)12-13-39(28,8)41(29)35(57-41)34-40(33,56-34)18(2)3;1-9-43(38(46)48-15-23-10-11-27(26(42)14-23)52-37-30(51-22(7)44)20(5)19(4)21(6)50-37)17-49-33-29-32-31(53-32)28-25-16-47-36(45)24(25)12-13-39(28,8)41(29)35(55-41)34-40(33,54-34)18(2)3;2*2-1-3/h10-11,14,18-21,28-35,37H,9,12-13,15-17H2,1-8H3;10-11,14,18-21,28-35,37H,9,12-13,15-17,42H2,1-8H3;;/t2*19-,20-,21?,28+,29?,30?,31-,32+,33-,34-,35-,37-,39-,40+,41+;;/m00../s1. The van der Waals surface area contributed by atoms with E-state index >= 15 is 0 Å². The number of nitro benzene ring substituents is 1. The predicted molar refractivity (Wildman–Crippen MR) is 398 cm³/mol. The number of esters is 4. The van der Waals surface area contributed by atoms with Crippen LogP contribution in [0.4, 0.5) is 21.0 Å². The van der Waals surface area contributed by atoms with Gasteiger partial charge in [0, 0.05) is 90.5 Å². The molecule has 18 rings (SSSR count). The third-order valence-electron chi connectivity index (χ3n) is 29.5. The van der Waals surface area contributed by atoms with Gasteiger partial charge in [0.1, 0.15) is 92.5 Å². The number of amides is 2. The Labute approximate surface area is 681 Å². The van der Waals surface area contributed by atoms with Crippen molar-refractivity contribution in [2.45, 2.75) is 270 Å². The Morgan fingerprint density at radius 2 is 0.975 bits per heavy atom. The molecule has 10 heterocycles. The second-order valence-corrected chi connectivity index (χ2v) is 35.5. The Morgan fingerprint density at radius 3 is 1.36 bits per heavy atom. The molecular formula is C84H106N4O30. The Morgan fingerprint density at radius 1 is 0.576 bits per heavy atom. The fourth-order valence-electron chi connectivity index (χ4n) is 22.7. The molecule has 2 aromatic rings. The number of epoxide rings is 6. The zero-order valence-corrected chi connectivity index (χ0v) is 69.1. The molecule has 118 heavy (non-hydrogen) atoms. The molecule has 2 spiro atoms. The number of hydrogen-bond acceptors (Lipinski definition) is 31. The minimum absolute atomic E-state index is 0.00566. The van der Waals surface area contributed by atoms with Crippen molar-refractivity contribution in [2.24, 2.45) is 70.0 Å². The van der Waals surface area contributed by atoms with Crippen LogP contribution in [0.5, 0.6) is 11.5 Å². The van der Waals surface area contributed by atoms with E-state index in [9.17, 15) is 38.9 Å². The van der Waals surface area contributed by atoms with E-state index in [1.54, 1.807) is 24.3 Å². The maximum atomic E-state index is 13.6. The quantitative estimate of drug-likeness (QED) is 0.0234. The number of rotatable bonds is 21. The van der Waals surface area contributed by atoms with Crippen molar-refractivity contribution < 1.29 is 138 Å². The summed E-state index contributed by atoms with van der Waals surface area (Å²) in [7, 11) is 0. The molecule has 8 saturated heterocycles. The van der Waals surface area contributed by atoms with Crippen molar-refractivity contribution >= 4 is 59.7 Å². The summed E-state index contributed by atoms with van der Waals surface area (Å²) >= 11 is 0. The molecule has 10 aliphatic heterocycles. The largest absolute Gasteiger partial charge is 0.459 e. The SMILES string of the molecule is CCN(CO[C@H]1C2[C@H]3O[C@H]3[C@H]3C4=C(CC[C@]3(C)[C@@]23O[C@H]3[C@@H]2O[C@]12C(C)C)C(=O)OC4)C(=O)OCc1ccc(O[C@@H]2OC(C)[C@@H](C)[C@H](C)C2OC(C)=O)c(N)c1.CCN(CO[C@H]1C2[C@H]3O[C@H]3[C@H]3C4=C(CC[C@]3(C)[C@@]23O[C@H]3[C@@H]2O[C@]12C(C)C)C(=O)OC4)C(=O)OCc1ccc(O[C@@H]2OC(C)[C@@H](C)[C@H](C)C2OC(C)=O)c([N+](=O)[O-])c1.O=C=O.O=C=O. The van der Waals surface area contributed by atoms with Gasteiger partial charge in [-0.3, -0.25) is 29.5 Å². The normalized spacial score (nSPS) is 41.4. The molecule has 2 amide bonds. The Kier molecular flexibility index (Phi) is 22.3. The average Bonchev–Trinajstić information content (AvgIpc) is 1.44. The first kappa shape index (κ1) is 84.5. The molecule has 4 saturated carbocycles. The van der Waals surface area contributed by atoms with Crippen LogP contribution >= 0.6 is 0 Å². The van der Waals surface area contributed by atoms with Gasteiger partial charge in [-0.1, -0.05) is 81.4 Å². The van der Waals surface area contributed by atoms with E-state index in [0.29, 0.717) is 55.2 Å². The van der Waals surface area contributed by atoms with Crippen molar-refractivity contribution in [1.29, 1.82) is 0 Å². The minimum Gasteiger partial charge on any atom is -0.459 e. The van der Waals surface area contributed by atoms with E-state index < -0.39 is 82.3 Å². The highest BCUT2D eigenvalue weighted by Gasteiger charge is 2.95. The number of carbonyl (C=O) groups is 6. The second kappa shape index (κ2) is 31.2. The summed E-state index contributed by atoms with van der Waals surface area (Å²) in [5.41, 5.74) is 8.33. The summed E-state index contributed by atoms with van der Waals surface area (Å²) in [4.78, 5) is 123. The van der Waals surface area contributed by atoms with Crippen LogP contribution in [0.15, 0.2) is 58.7 Å². The first-order chi connectivity index (χ1) is 56.1. The lowest BCUT2D eigenvalue weighted by atomic mass is 9.47. The van der Waals surface area contributed by atoms with E-state index in [4.69, 9.17) is 110 Å². The molecule has 2 aromatic carbocycles. The van der Waals surface area contributed by atoms with E-state index in [1.807, 2.05) is 48.5 Å². The van der Waals surface area contributed by atoms with Crippen LogP contribution in [0, 0.1) is 80.1 Å². The molecular weight excluding hydrogens is 1540 g/mol. The van der Waals surface area contributed by atoms with Crippen LogP contribution in [0.1, 0.15) is 148 Å². The van der Waals surface area contributed by atoms with Crippen LogP contribution in [-0.4, -0.2) is 223 Å². The van der Waals surface area contributed by atoms with Gasteiger partial charge in [-0.15, -0.1) is 0 Å². The van der Waals surface area contributed by atoms with Gasteiger partial charge in [0.05, 0.1) is 59.4 Å². The van der Waals surface area contributed by atoms with Crippen LogP contribution in [-0.2, 0) is 127 Å². The lowest BCUT2D eigenvalue weighted by molar-refractivity contribution is -0.387. The smallest absolute Gasteiger partial charge is 0.411 e. The fourth-order valence-corrected chi connectivity index (χ4v) is 22.7. The van der Waals surface area contributed by atoms with Gasteiger partial charge >= 0.3 is 54.1 Å². The summed E-state index contributed by atoms with van der Waals surface area (Å²) in [5.74, 6) is -0.902. The fraction of sp³-hybridized carbons (Fsp3) is 0.714. The highest BCUT2D eigenvalue weighted by molar-refractivity contribution is 5.93. The Balaban J connectivity index is 0.000000173. The highest BCUT2D eigenvalue weighted by atomic mass is 16.7. The van der Waals surface area contributed by atoms with Crippen LogP contribution in [0.25, 0.3) is 0 Å². The summed E-state index contributed by atoms with van der Waals surface area (Å²) in [6, 6.07) is 9.47. The molecule has 642 valence electrons. The number of nitrogens with zero attached hydrogens (tertiary/aromatic N) is 3. The van der Waals surface area contributed by atoms with Gasteiger partial charge in [-0.05, 0) is 118 Å². The number of anilines is 1. The second-order valence-electron chi connectivity index (χ2n) is 35.5. The molecule has 6 unspecified atom stereocenters. The molecule has 34 heteroatoms. The number of nitrogens with two attached hydrogens (primary N) is 1. The molecule has 0 radical (unpaired) electrons. The first-order valence-electron chi connectivity index (χ1n) is 41.1. The lowest BCUT2D eigenvalue weighted by Crippen LogP contribution is -2.66. The monoisotopic (exact) mass is 1650 g/mol. The number of benzene rings is 2. The van der Waals surface area contributed by atoms with Gasteiger partial charge < -0.3 is 91.0 Å². The molecule has 2 N–H and O–H groups in total. The first-order valence-corrected chi connectivity index (χ1v) is 41.1. The highest BCUT2D eigenvalue weighted by Crippen LogP contribution is 2.82. The summed E-state index contributed by atoms with van der Waals surface area (Å²) in [6.07, 6.45) is -3.12. The van der Waals surface area contributed by atoms with E-state index in [-0.39, 0.29) is 206 Å². The number of nitro groups is 1. The van der Waals surface area contributed by atoms with Gasteiger partial charge in [0.15, 0.2) is 18.0 Å². The Bertz CT molecular complexity index is 4470. The van der Waals surface area contributed by atoms with Crippen LogP contribution in [0.2, 0.25) is 0 Å². The average molecular weight is 1650 g/mol. The zero-order chi connectivity index (χ0) is 84.9. The molecule has 6 aliphatic carbocycles. The number of fused-ring (bicyclic) bond motifs is 14. The van der Waals surface area contributed by atoms with Gasteiger partial charge in [0.2, 0.25) is 12.6 Å². The zero-order valence-electron chi connectivity index (χ0n) is 69.1. The molecule has 0 bridgehead atoms. The number of nitrogen functional groups attached to an aromatic ring is 1. The van der Waals surface area contributed by atoms with Crippen molar-refractivity contribution in [3.63, 3.8) is 0 Å². The summed E-state index contributed by atoms with van der Waals surface area (Å²) in [6.45, 7) is 32.2. The van der Waals surface area contributed by atoms with Gasteiger partial charge in [0.25, 0.3) is 0 Å². The molecule has 16 aliphatic rings. The number of hydrogen-bond donors (Lipinski definition) is 1. The van der Waals surface area contributed by atoms with E-state index in [0.717, 1.165) is 35.1 Å². The van der Waals surface area contributed by atoms with E-state index in [2.05, 4.69) is 48.5 Å². The van der Waals surface area contributed by atoms with Crippen LogP contribution < -0.4 is 15.2 Å². The van der Waals surface area contributed by atoms with E-state index in [1.165, 1.54) is 35.8 Å². The maximum absolute atomic E-state index is 13.6. The molecule has 0 aromatic heterocycles. The maximum Gasteiger partial charge on any atom is 0.411 e. The minimum atomic E-state index is -1.06. The third kappa shape index (κ3) is 13.4. The molecule has 12 fully saturated rings. The lowest BCUT2D eigenvalue weighted by Gasteiger charge is -2.54. The third-order valence-corrected chi connectivity index (χ3v) is 29.5. The summed E-state index contributed by atoms with van der Waals surface area (Å²) in [5, 5.41) is 12.2. The molecule has 30 atom stereocenters. The topological polar surface area (TPSA) is 432 Å².